The number of hydrogen-bond donors (Lipinski definition) is 0. The molecule has 2 heterocycles. The van der Waals surface area contributed by atoms with Gasteiger partial charge in [0.05, 0.1) is 11.4 Å². The maximum Gasteiger partial charge on any atom is 0.227 e. The lowest BCUT2D eigenvalue weighted by molar-refractivity contribution is 0.617. The molecule has 4 heteroatoms. The number of anilines is 3. The van der Waals surface area contributed by atoms with Crippen molar-refractivity contribution in [1.82, 2.24) is 4.98 Å². The minimum Gasteiger partial charge on any atom is -0.455 e. The summed E-state index contributed by atoms with van der Waals surface area (Å²) < 4.78 is 12.8. The molecule has 56 heavy (non-hydrogen) atoms. The van der Waals surface area contributed by atoms with Crippen molar-refractivity contribution in [3.8, 4) is 44.8 Å². The van der Waals surface area contributed by atoms with Gasteiger partial charge in [-0.2, -0.15) is 0 Å². The Bertz CT molecular complexity index is 3100. The van der Waals surface area contributed by atoms with Gasteiger partial charge in [-0.05, 0) is 70.3 Å². The number of fused-ring (bicyclic) bond motifs is 7. The van der Waals surface area contributed by atoms with E-state index in [9.17, 15) is 0 Å². The molecule has 1 aliphatic carbocycles. The highest BCUT2D eigenvalue weighted by Crippen LogP contribution is 2.55. The third-order valence-electron chi connectivity index (χ3n) is 11.5. The molecule has 0 amide bonds. The molecule has 4 nitrogen and oxygen atoms in total. The van der Waals surface area contributed by atoms with Gasteiger partial charge in [0, 0.05) is 50.2 Å². The third kappa shape index (κ3) is 4.96. The molecule has 0 bridgehead atoms. The minimum absolute atomic E-state index is 0.121. The quantitative estimate of drug-likeness (QED) is 0.171. The van der Waals surface area contributed by atoms with Crippen LogP contribution in [0, 0.1) is 0 Å². The maximum absolute atomic E-state index is 6.65. The van der Waals surface area contributed by atoms with Crippen LogP contribution in [0.4, 0.5) is 17.1 Å². The Hall–Kier alpha value is -7.17. The first kappa shape index (κ1) is 32.3. The van der Waals surface area contributed by atoms with Gasteiger partial charge in [-0.15, -0.1) is 0 Å². The molecular formula is C52H36N2O2. The summed E-state index contributed by atoms with van der Waals surface area (Å²) in [6.07, 6.45) is 0. The predicted molar refractivity (Wildman–Crippen MR) is 230 cm³/mol. The fraction of sp³-hybridized carbons (Fsp3) is 0.0577. The van der Waals surface area contributed by atoms with E-state index in [1.54, 1.807) is 0 Å². The molecule has 0 radical (unpaired) electrons. The Morgan fingerprint density at radius 3 is 1.89 bits per heavy atom. The van der Waals surface area contributed by atoms with E-state index in [2.05, 4.69) is 164 Å². The lowest BCUT2D eigenvalue weighted by Gasteiger charge is -2.30. The second kappa shape index (κ2) is 12.4. The lowest BCUT2D eigenvalue weighted by Crippen LogP contribution is -2.16. The van der Waals surface area contributed by atoms with Gasteiger partial charge in [0.15, 0.2) is 5.58 Å². The molecule has 11 rings (SSSR count). The molecule has 0 spiro atoms. The van der Waals surface area contributed by atoms with Gasteiger partial charge in [0.2, 0.25) is 5.89 Å². The number of nitrogens with zero attached hydrogens (tertiary/aromatic N) is 2. The van der Waals surface area contributed by atoms with Crippen LogP contribution in [-0.4, -0.2) is 4.98 Å². The summed E-state index contributed by atoms with van der Waals surface area (Å²) in [4.78, 5) is 7.27. The van der Waals surface area contributed by atoms with Crippen molar-refractivity contribution in [2.75, 3.05) is 4.90 Å². The fourth-order valence-corrected chi connectivity index (χ4v) is 8.80. The van der Waals surface area contributed by atoms with Gasteiger partial charge in [-0.1, -0.05) is 147 Å². The van der Waals surface area contributed by atoms with Gasteiger partial charge >= 0.3 is 0 Å². The average molecular weight is 721 g/mol. The third-order valence-corrected chi connectivity index (χ3v) is 11.5. The fourth-order valence-electron chi connectivity index (χ4n) is 8.80. The zero-order valence-electron chi connectivity index (χ0n) is 31.0. The zero-order valence-corrected chi connectivity index (χ0v) is 31.0. The first-order valence-corrected chi connectivity index (χ1v) is 19.1. The molecule has 0 saturated heterocycles. The van der Waals surface area contributed by atoms with Gasteiger partial charge in [-0.3, -0.25) is 0 Å². The summed E-state index contributed by atoms with van der Waals surface area (Å²) >= 11 is 0. The van der Waals surface area contributed by atoms with E-state index in [1.807, 2.05) is 36.4 Å². The van der Waals surface area contributed by atoms with E-state index in [-0.39, 0.29) is 5.41 Å². The maximum atomic E-state index is 6.65. The number of oxazole rings is 1. The summed E-state index contributed by atoms with van der Waals surface area (Å²) in [5.74, 6) is 0.604. The predicted octanol–water partition coefficient (Wildman–Crippen LogP) is 14.5. The van der Waals surface area contributed by atoms with Crippen LogP contribution in [0.25, 0.3) is 77.9 Å². The number of aromatic nitrogens is 1. The van der Waals surface area contributed by atoms with E-state index < -0.39 is 0 Å². The summed E-state index contributed by atoms with van der Waals surface area (Å²) in [6.45, 7) is 4.68. The summed E-state index contributed by atoms with van der Waals surface area (Å²) in [6, 6.07) is 64.4. The van der Waals surface area contributed by atoms with Crippen LogP contribution in [0.15, 0.2) is 191 Å². The highest BCUT2D eigenvalue weighted by atomic mass is 16.4. The van der Waals surface area contributed by atoms with Gasteiger partial charge in [0.25, 0.3) is 0 Å². The number of para-hydroxylation sites is 2. The highest BCUT2D eigenvalue weighted by molar-refractivity contribution is 6.12. The van der Waals surface area contributed by atoms with Crippen molar-refractivity contribution >= 4 is 50.1 Å². The molecule has 0 unspecified atom stereocenters. The second-order valence-corrected chi connectivity index (χ2v) is 15.1. The van der Waals surface area contributed by atoms with Gasteiger partial charge < -0.3 is 13.7 Å². The normalized spacial score (nSPS) is 13.0. The topological polar surface area (TPSA) is 42.4 Å². The van der Waals surface area contributed by atoms with Crippen LogP contribution in [0.1, 0.15) is 25.0 Å². The van der Waals surface area contributed by atoms with Crippen molar-refractivity contribution in [2.24, 2.45) is 0 Å². The van der Waals surface area contributed by atoms with Crippen molar-refractivity contribution < 1.29 is 8.83 Å². The van der Waals surface area contributed by atoms with Crippen LogP contribution in [0.5, 0.6) is 0 Å². The molecule has 0 aliphatic heterocycles. The molecule has 0 atom stereocenters. The van der Waals surface area contributed by atoms with Crippen molar-refractivity contribution in [1.29, 1.82) is 0 Å². The van der Waals surface area contributed by atoms with Crippen LogP contribution < -0.4 is 4.90 Å². The van der Waals surface area contributed by atoms with E-state index in [0.717, 1.165) is 61.2 Å². The van der Waals surface area contributed by atoms with E-state index in [0.29, 0.717) is 11.5 Å². The van der Waals surface area contributed by atoms with Crippen molar-refractivity contribution in [3.63, 3.8) is 0 Å². The molecule has 0 N–H and O–H groups in total. The Morgan fingerprint density at radius 2 is 1.09 bits per heavy atom. The standard InChI is InChI=1S/C52H36N2O2/c1-52(2)42-23-11-9-20-40(42)49-43(52)24-14-26-46(49)54(45-25-12-10-19-37(45)33-15-5-3-6-16-33)36-29-27-34(28-30-36)38-21-13-22-39-41-31-44-48(32-47(41)55-50(38)39)56-51(53-44)35-17-7-4-8-18-35/h3-32H,1-2H3. The number of benzene rings is 8. The summed E-state index contributed by atoms with van der Waals surface area (Å²) in [7, 11) is 0. The SMILES string of the molecule is CC1(C)c2ccccc2-c2c(N(c3ccc(-c4cccc5c4oc4cc6oc(-c7ccccc7)nc6cc45)cc3)c3ccccc3-c3ccccc3)cccc21. The smallest absolute Gasteiger partial charge is 0.227 e. The minimum atomic E-state index is -0.121. The van der Waals surface area contributed by atoms with Crippen LogP contribution in [-0.2, 0) is 5.41 Å². The lowest BCUT2D eigenvalue weighted by atomic mass is 9.82. The first-order valence-electron chi connectivity index (χ1n) is 19.1. The number of furan rings is 1. The molecule has 2 aromatic heterocycles. The molecule has 10 aromatic rings. The van der Waals surface area contributed by atoms with E-state index in [1.165, 1.54) is 33.4 Å². The first-order chi connectivity index (χ1) is 27.5. The van der Waals surface area contributed by atoms with E-state index >= 15 is 0 Å². The molecule has 8 aromatic carbocycles. The monoisotopic (exact) mass is 720 g/mol. The number of rotatable bonds is 6. The van der Waals surface area contributed by atoms with Crippen LogP contribution in [0.3, 0.4) is 0 Å². The Balaban J connectivity index is 1.06. The van der Waals surface area contributed by atoms with Crippen molar-refractivity contribution in [2.45, 2.75) is 19.3 Å². The zero-order chi connectivity index (χ0) is 37.4. The number of hydrogen-bond acceptors (Lipinski definition) is 4. The highest BCUT2D eigenvalue weighted by Gasteiger charge is 2.38. The molecule has 1 aliphatic rings. The second-order valence-electron chi connectivity index (χ2n) is 15.1. The van der Waals surface area contributed by atoms with Gasteiger partial charge in [0.1, 0.15) is 16.7 Å². The molecule has 266 valence electrons. The summed E-state index contributed by atoms with van der Waals surface area (Å²) in [5, 5.41) is 2.07. The van der Waals surface area contributed by atoms with Crippen LogP contribution >= 0.6 is 0 Å². The van der Waals surface area contributed by atoms with Crippen LogP contribution in [0.2, 0.25) is 0 Å². The average Bonchev–Trinajstić information content (AvgIpc) is 3.91. The molecule has 0 fully saturated rings. The Morgan fingerprint density at radius 1 is 0.464 bits per heavy atom. The molecular weight excluding hydrogens is 685 g/mol. The van der Waals surface area contributed by atoms with Gasteiger partial charge in [-0.25, -0.2) is 4.98 Å². The summed E-state index contributed by atoms with van der Waals surface area (Å²) in [5.41, 5.74) is 17.0. The largest absolute Gasteiger partial charge is 0.455 e. The Labute approximate surface area is 324 Å². The van der Waals surface area contributed by atoms with E-state index in [4.69, 9.17) is 13.8 Å². The van der Waals surface area contributed by atoms with Crippen molar-refractivity contribution in [3.05, 3.63) is 193 Å². The Kier molecular flexibility index (Phi) is 7.17. The molecule has 0 saturated carbocycles.